The van der Waals surface area contributed by atoms with E-state index in [0.717, 1.165) is 32.1 Å². The fourth-order valence-corrected chi connectivity index (χ4v) is 1.80. The van der Waals surface area contributed by atoms with E-state index in [-0.39, 0.29) is 18.4 Å². The largest absolute Gasteiger partial charge is 0.385 e. The quantitative estimate of drug-likeness (QED) is 0.752. The fraction of sp³-hybridized carbons (Fsp3) is 0.900. The Bertz CT molecular complexity index is 206. The molecule has 5 heteroatoms. The number of halogens is 2. The summed E-state index contributed by atoms with van der Waals surface area (Å²) in [5, 5.41) is 11.2. The SMILES string of the molecule is O=C(NCC(O)C(F)F)C1CCCCC1. The molecule has 2 N–H and O–H groups in total. The molecule has 0 aromatic rings. The van der Waals surface area contributed by atoms with E-state index in [9.17, 15) is 13.6 Å². The van der Waals surface area contributed by atoms with Gasteiger partial charge in [0.05, 0.1) is 0 Å². The van der Waals surface area contributed by atoms with Gasteiger partial charge in [-0.05, 0) is 12.8 Å². The minimum atomic E-state index is -2.79. The maximum absolute atomic E-state index is 11.9. The van der Waals surface area contributed by atoms with Gasteiger partial charge in [0, 0.05) is 12.5 Å². The lowest BCUT2D eigenvalue weighted by molar-refractivity contribution is -0.126. The summed E-state index contributed by atoms with van der Waals surface area (Å²) in [7, 11) is 0. The molecule has 0 bridgehead atoms. The highest BCUT2D eigenvalue weighted by Gasteiger charge is 2.23. The Balaban J connectivity index is 2.22. The first-order valence-corrected chi connectivity index (χ1v) is 5.35. The minimum absolute atomic E-state index is 0.0522. The van der Waals surface area contributed by atoms with E-state index in [1.165, 1.54) is 0 Å². The molecule has 0 aromatic carbocycles. The van der Waals surface area contributed by atoms with Crippen molar-refractivity contribution in [1.82, 2.24) is 5.32 Å². The van der Waals surface area contributed by atoms with E-state index < -0.39 is 12.5 Å². The van der Waals surface area contributed by atoms with E-state index in [2.05, 4.69) is 5.32 Å². The zero-order valence-electron chi connectivity index (χ0n) is 8.59. The summed E-state index contributed by atoms with van der Waals surface area (Å²) >= 11 is 0. The van der Waals surface area contributed by atoms with Crippen LogP contribution < -0.4 is 5.32 Å². The predicted molar refractivity (Wildman–Crippen MR) is 51.6 cm³/mol. The van der Waals surface area contributed by atoms with Crippen molar-refractivity contribution in [2.45, 2.75) is 44.6 Å². The summed E-state index contributed by atoms with van der Waals surface area (Å²) in [5.74, 6) is -0.252. The van der Waals surface area contributed by atoms with Crippen LogP contribution in [-0.4, -0.2) is 30.1 Å². The number of amides is 1. The number of hydrogen-bond acceptors (Lipinski definition) is 2. The molecule has 1 rings (SSSR count). The van der Waals surface area contributed by atoms with Gasteiger partial charge in [-0.1, -0.05) is 19.3 Å². The third kappa shape index (κ3) is 4.11. The van der Waals surface area contributed by atoms with Crippen LogP contribution in [0, 0.1) is 5.92 Å². The first-order valence-electron chi connectivity index (χ1n) is 5.35. The van der Waals surface area contributed by atoms with E-state index in [1.807, 2.05) is 0 Å². The Morgan fingerprint density at radius 1 is 1.33 bits per heavy atom. The third-order valence-electron chi connectivity index (χ3n) is 2.75. The summed E-state index contributed by atoms with van der Waals surface area (Å²) in [4.78, 5) is 11.5. The van der Waals surface area contributed by atoms with Gasteiger partial charge in [-0.15, -0.1) is 0 Å². The van der Waals surface area contributed by atoms with Crippen molar-refractivity contribution in [3.63, 3.8) is 0 Å². The highest BCUT2D eigenvalue weighted by molar-refractivity contribution is 5.78. The molecule has 0 heterocycles. The minimum Gasteiger partial charge on any atom is -0.385 e. The lowest BCUT2D eigenvalue weighted by Gasteiger charge is -2.21. The maximum Gasteiger partial charge on any atom is 0.265 e. The van der Waals surface area contributed by atoms with Crippen molar-refractivity contribution >= 4 is 5.91 Å². The fourth-order valence-electron chi connectivity index (χ4n) is 1.80. The van der Waals surface area contributed by atoms with Gasteiger partial charge in [0.1, 0.15) is 6.10 Å². The zero-order chi connectivity index (χ0) is 11.3. The topological polar surface area (TPSA) is 49.3 Å². The molecule has 0 saturated heterocycles. The smallest absolute Gasteiger partial charge is 0.265 e. The van der Waals surface area contributed by atoms with Crippen molar-refractivity contribution in [1.29, 1.82) is 0 Å². The maximum atomic E-state index is 11.9. The molecule has 1 fully saturated rings. The van der Waals surface area contributed by atoms with Gasteiger partial charge in [0.2, 0.25) is 5.91 Å². The van der Waals surface area contributed by atoms with Crippen molar-refractivity contribution < 1.29 is 18.7 Å². The first-order chi connectivity index (χ1) is 7.11. The van der Waals surface area contributed by atoms with E-state index in [4.69, 9.17) is 5.11 Å². The number of nitrogens with one attached hydrogen (secondary N) is 1. The van der Waals surface area contributed by atoms with Crippen molar-refractivity contribution in [3.05, 3.63) is 0 Å². The second-order valence-corrected chi connectivity index (χ2v) is 3.98. The Kier molecular flexibility index (Phi) is 4.94. The van der Waals surface area contributed by atoms with Crippen LogP contribution in [0.1, 0.15) is 32.1 Å². The summed E-state index contributed by atoms with van der Waals surface area (Å²) in [6.07, 6.45) is 0.302. The van der Waals surface area contributed by atoms with E-state index in [0.29, 0.717) is 0 Å². The molecule has 88 valence electrons. The molecule has 0 aliphatic heterocycles. The molecule has 15 heavy (non-hydrogen) atoms. The summed E-state index contributed by atoms with van der Waals surface area (Å²) in [5.41, 5.74) is 0. The van der Waals surface area contributed by atoms with Gasteiger partial charge in [0.15, 0.2) is 0 Å². The van der Waals surface area contributed by atoms with Crippen LogP contribution >= 0.6 is 0 Å². The highest BCUT2D eigenvalue weighted by Crippen LogP contribution is 2.23. The van der Waals surface area contributed by atoms with Crippen molar-refractivity contribution in [2.75, 3.05) is 6.54 Å². The molecule has 1 amide bonds. The Labute approximate surface area is 87.9 Å². The number of alkyl halides is 2. The second kappa shape index (κ2) is 6.00. The molecular formula is C10H17F2NO2. The number of aliphatic hydroxyl groups excluding tert-OH is 1. The van der Waals surface area contributed by atoms with Crippen LogP contribution in [0.25, 0.3) is 0 Å². The molecule has 1 unspecified atom stereocenters. The number of aliphatic hydroxyl groups is 1. The lowest BCUT2D eigenvalue weighted by Crippen LogP contribution is -2.39. The van der Waals surface area contributed by atoms with Crippen molar-refractivity contribution in [2.24, 2.45) is 5.92 Å². The lowest BCUT2D eigenvalue weighted by atomic mass is 9.89. The first kappa shape index (κ1) is 12.4. The van der Waals surface area contributed by atoms with Crippen LogP contribution in [0.5, 0.6) is 0 Å². The van der Waals surface area contributed by atoms with Gasteiger partial charge >= 0.3 is 0 Å². The molecule has 3 nitrogen and oxygen atoms in total. The van der Waals surface area contributed by atoms with Gasteiger partial charge < -0.3 is 10.4 Å². The van der Waals surface area contributed by atoms with Gasteiger partial charge in [-0.3, -0.25) is 4.79 Å². The third-order valence-corrected chi connectivity index (χ3v) is 2.75. The molecule has 0 radical (unpaired) electrons. The van der Waals surface area contributed by atoms with Crippen molar-refractivity contribution in [3.8, 4) is 0 Å². The monoisotopic (exact) mass is 221 g/mol. The average molecular weight is 221 g/mol. The van der Waals surface area contributed by atoms with Gasteiger partial charge in [0.25, 0.3) is 6.43 Å². The van der Waals surface area contributed by atoms with Gasteiger partial charge in [-0.2, -0.15) is 0 Å². The molecule has 0 spiro atoms. The normalized spacial score (nSPS) is 20.3. The van der Waals surface area contributed by atoms with E-state index in [1.54, 1.807) is 0 Å². The van der Waals surface area contributed by atoms with Gasteiger partial charge in [-0.25, -0.2) is 8.78 Å². The number of carbonyl (C=O) groups excluding carboxylic acids is 1. The Morgan fingerprint density at radius 2 is 1.93 bits per heavy atom. The zero-order valence-corrected chi connectivity index (χ0v) is 8.59. The molecular weight excluding hydrogens is 204 g/mol. The van der Waals surface area contributed by atoms with Crippen LogP contribution in [0.3, 0.4) is 0 Å². The molecule has 1 aliphatic rings. The molecule has 1 saturated carbocycles. The van der Waals surface area contributed by atoms with Crippen LogP contribution in [0.15, 0.2) is 0 Å². The number of carbonyl (C=O) groups is 1. The average Bonchev–Trinajstić information content (AvgIpc) is 2.26. The Hall–Kier alpha value is -0.710. The van der Waals surface area contributed by atoms with Crippen LogP contribution in [0.2, 0.25) is 0 Å². The number of rotatable bonds is 4. The predicted octanol–water partition coefficient (Wildman–Crippen LogP) is 1.31. The molecule has 1 aliphatic carbocycles. The van der Waals surface area contributed by atoms with Crippen LogP contribution in [-0.2, 0) is 4.79 Å². The summed E-state index contributed by atoms with van der Waals surface area (Å²) in [6, 6.07) is 0. The Morgan fingerprint density at radius 3 is 2.47 bits per heavy atom. The summed E-state index contributed by atoms with van der Waals surface area (Å²) < 4.78 is 23.8. The molecule has 0 aromatic heterocycles. The second-order valence-electron chi connectivity index (χ2n) is 3.98. The van der Waals surface area contributed by atoms with Crippen LogP contribution in [0.4, 0.5) is 8.78 Å². The van der Waals surface area contributed by atoms with E-state index >= 15 is 0 Å². The highest BCUT2D eigenvalue weighted by atomic mass is 19.3. The summed E-state index contributed by atoms with van der Waals surface area (Å²) in [6.45, 7) is -0.354. The number of hydrogen-bond donors (Lipinski definition) is 2. The molecule has 1 atom stereocenters. The standard InChI is InChI=1S/C10H17F2NO2/c11-9(12)8(14)6-13-10(15)7-4-2-1-3-5-7/h7-9,14H,1-6H2,(H,13,15).